The van der Waals surface area contributed by atoms with Gasteiger partial charge >= 0.3 is 6.18 Å². The molecule has 2 aromatic rings. The molecule has 0 saturated heterocycles. The fourth-order valence-corrected chi connectivity index (χ4v) is 3.56. The Hall–Kier alpha value is -1.99. The first-order valence-corrected chi connectivity index (χ1v) is 8.95. The Morgan fingerprint density at radius 1 is 1.27 bits per heavy atom. The van der Waals surface area contributed by atoms with Gasteiger partial charge in [-0.2, -0.15) is 13.2 Å². The van der Waals surface area contributed by atoms with E-state index in [9.17, 15) is 18.0 Å². The molecule has 0 bridgehead atoms. The van der Waals surface area contributed by atoms with Crippen molar-refractivity contribution in [2.24, 2.45) is 18.9 Å². The minimum Gasteiger partial charge on any atom is -0.477 e. The molecule has 144 valence electrons. The number of imidazole rings is 1. The summed E-state index contributed by atoms with van der Waals surface area (Å²) >= 11 is 0. The Morgan fingerprint density at radius 2 is 1.92 bits per heavy atom. The Bertz CT molecular complexity index is 831. The van der Waals surface area contributed by atoms with E-state index < -0.39 is 12.1 Å². The van der Waals surface area contributed by atoms with E-state index in [4.69, 9.17) is 4.74 Å². The van der Waals surface area contributed by atoms with Crippen LogP contribution in [-0.2, 0) is 7.05 Å². The van der Waals surface area contributed by atoms with Gasteiger partial charge < -0.3 is 4.74 Å². The molecule has 1 fully saturated rings. The van der Waals surface area contributed by atoms with Gasteiger partial charge in [-0.1, -0.05) is 13.8 Å². The van der Waals surface area contributed by atoms with E-state index in [1.165, 1.54) is 4.57 Å². The first-order chi connectivity index (χ1) is 12.2. The van der Waals surface area contributed by atoms with E-state index in [-0.39, 0.29) is 30.2 Å². The van der Waals surface area contributed by atoms with Crippen LogP contribution in [0.25, 0.3) is 5.52 Å². The van der Waals surface area contributed by atoms with Crippen LogP contribution in [0.1, 0.15) is 51.3 Å². The smallest absolute Gasteiger partial charge is 0.391 e. The van der Waals surface area contributed by atoms with E-state index in [1.807, 2.05) is 13.8 Å². The number of halogens is 3. The summed E-state index contributed by atoms with van der Waals surface area (Å²) in [6.45, 7) is 4.30. The second-order valence-corrected chi connectivity index (χ2v) is 7.43. The molecule has 1 aliphatic carbocycles. The summed E-state index contributed by atoms with van der Waals surface area (Å²) in [4.78, 5) is 16.8. The van der Waals surface area contributed by atoms with Gasteiger partial charge in [0.2, 0.25) is 5.88 Å². The van der Waals surface area contributed by atoms with Crippen LogP contribution < -0.4 is 10.3 Å². The molecule has 26 heavy (non-hydrogen) atoms. The molecule has 3 rings (SSSR count). The minimum absolute atomic E-state index is 0.0757. The highest BCUT2D eigenvalue weighted by atomic mass is 19.4. The van der Waals surface area contributed by atoms with Crippen LogP contribution in [0.3, 0.4) is 0 Å². The topological polar surface area (TPSA) is 48.5 Å². The average molecular weight is 371 g/mol. The lowest BCUT2D eigenvalue weighted by atomic mass is 9.82. The van der Waals surface area contributed by atoms with E-state index in [2.05, 4.69) is 4.98 Å². The van der Waals surface area contributed by atoms with Gasteiger partial charge in [-0.3, -0.25) is 13.8 Å². The standard InChI is InChI=1S/C18H24F3N3O2/c1-11(2)16-22-8-14-17(25)23(3)15(9-24(14)16)26-10-12-4-6-13(7-5-12)18(19,20)21/h8-9,11-13H,4-7,10H2,1-3H3. The molecule has 0 spiro atoms. The highest BCUT2D eigenvalue weighted by Gasteiger charge is 2.41. The molecule has 2 aromatic heterocycles. The van der Waals surface area contributed by atoms with Crippen LogP contribution in [0.2, 0.25) is 0 Å². The van der Waals surface area contributed by atoms with Gasteiger partial charge in [0.15, 0.2) is 0 Å². The van der Waals surface area contributed by atoms with Gasteiger partial charge in [0.25, 0.3) is 5.56 Å². The van der Waals surface area contributed by atoms with Crippen LogP contribution in [0.15, 0.2) is 17.2 Å². The molecule has 1 aliphatic rings. The molecule has 5 nitrogen and oxygen atoms in total. The van der Waals surface area contributed by atoms with Gasteiger partial charge in [0.05, 0.1) is 24.9 Å². The van der Waals surface area contributed by atoms with Crippen LogP contribution in [0, 0.1) is 11.8 Å². The SMILES string of the molecule is CC(C)c1ncc2c(=O)n(C)c(OCC3CCC(C(F)(F)F)CC3)cn12. The summed E-state index contributed by atoms with van der Waals surface area (Å²) in [5, 5.41) is 0. The Morgan fingerprint density at radius 3 is 2.50 bits per heavy atom. The second kappa shape index (κ2) is 6.96. The predicted molar refractivity (Wildman–Crippen MR) is 91.5 cm³/mol. The second-order valence-electron chi connectivity index (χ2n) is 7.43. The fourth-order valence-electron chi connectivity index (χ4n) is 3.56. The first kappa shape index (κ1) is 18.8. The maximum atomic E-state index is 12.8. The molecule has 0 aliphatic heterocycles. The molecule has 0 N–H and O–H groups in total. The highest BCUT2D eigenvalue weighted by Crippen LogP contribution is 2.39. The molecule has 2 heterocycles. The van der Waals surface area contributed by atoms with E-state index >= 15 is 0 Å². The zero-order valence-electron chi connectivity index (χ0n) is 15.2. The van der Waals surface area contributed by atoms with Gasteiger partial charge in [0, 0.05) is 13.0 Å². The van der Waals surface area contributed by atoms with Crippen molar-refractivity contribution in [1.82, 2.24) is 14.0 Å². The summed E-state index contributed by atoms with van der Waals surface area (Å²) in [6, 6.07) is 0. The lowest BCUT2D eigenvalue weighted by molar-refractivity contribution is -0.184. The van der Waals surface area contributed by atoms with Crippen LogP contribution >= 0.6 is 0 Å². The molecule has 1 saturated carbocycles. The van der Waals surface area contributed by atoms with Gasteiger partial charge in [0.1, 0.15) is 11.3 Å². The number of ether oxygens (including phenoxy) is 1. The van der Waals surface area contributed by atoms with Crippen molar-refractivity contribution in [2.75, 3.05) is 6.61 Å². The van der Waals surface area contributed by atoms with Crippen molar-refractivity contribution in [1.29, 1.82) is 0 Å². The van der Waals surface area contributed by atoms with E-state index in [0.29, 0.717) is 30.8 Å². The quantitative estimate of drug-likeness (QED) is 0.819. The summed E-state index contributed by atoms with van der Waals surface area (Å²) in [5.41, 5.74) is 0.275. The van der Waals surface area contributed by atoms with Gasteiger partial charge in [-0.05, 0) is 31.6 Å². The van der Waals surface area contributed by atoms with Crippen LogP contribution in [-0.4, -0.2) is 26.7 Å². The largest absolute Gasteiger partial charge is 0.477 e. The fraction of sp³-hybridized carbons (Fsp3) is 0.667. The maximum Gasteiger partial charge on any atom is 0.391 e. The van der Waals surface area contributed by atoms with Crippen LogP contribution in [0.4, 0.5) is 13.2 Å². The summed E-state index contributed by atoms with van der Waals surface area (Å²) in [6.07, 6.45) is 0.462. The first-order valence-electron chi connectivity index (χ1n) is 8.95. The number of rotatable bonds is 4. The average Bonchev–Trinajstić information content (AvgIpc) is 3.00. The third-order valence-electron chi connectivity index (χ3n) is 5.21. The van der Waals surface area contributed by atoms with Crippen molar-refractivity contribution in [3.8, 4) is 5.88 Å². The van der Waals surface area contributed by atoms with Crippen molar-refractivity contribution in [3.05, 3.63) is 28.6 Å². The lowest BCUT2D eigenvalue weighted by Gasteiger charge is -2.29. The molecule has 0 aromatic carbocycles. The number of aromatic nitrogens is 3. The minimum atomic E-state index is -4.10. The predicted octanol–water partition coefficient (Wildman–Crippen LogP) is 3.90. The molecule has 0 amide bonds. The Labute approximate surface area is 149 Å². The van der Waals surface area contributed by atoms with Crippen molar-refractivity contribution >= 4 is 5.52 Å². The molecule has 0 unspecified atom stereocenters. The number of fused-ring (bicyclic) bond motifs is 1. The number of hydrogen-bond acceptors (Lipinski definition) is 3. The van der Waals surface area contributed by atoms with Crippen molar-refractivity contribution in [2.45, 2.75) is 51.6 Å². The highest BCUT2D eigenvalue weighted by molar-refractivity contribution is 5.45. The monoisotopic (exact) mass is 371 g/mol. The zero-order chi connectivity index (χ0) is 19.1. The maximum absolute atomic E-state index is 12.8. The third kappa shape index (κ3) is 3.59. The Balaban J connectivity index is 1.73. The summed E-state index contributed by atoms with van der Waals surface area (Å²) in [7, 11) is 1.63. The normalized spacial score (nSPS) is 21.5. The van der Waals surface area contributed by atoms with E-state index in [1.54, 1.807) is 23.8 Å². The summed E-state index contributed by atoms with van der Waals surface area (Å²) in [5.74, 6) is 0.203. The Kier molecular flexibility index (Phi) is 5.03. The molecule has 0 radical (unpaired) electrons. The van der Waals surface area contributed by atoms with Crippen molar-refractivity contribution < 1.29 is 17.9 Å². The number of hydrogen-bond donors (Lipinski definition) is 0. The molecule has 0 atom stereocenters. The van der Waals surface area contributed by atoms with Gasteiger partial charge in [-0.25, -0.2) is 4.98 Å². The zero-order valence-corrected chi connectivity index (χ0v) is 15.2. The molecule has 8 heteroatoms. The van der Waals surface area contributed by atoms with E-state index in [0.717, 1.165) is 5.82 Å². The van der Waals surface area contributed by atoms with Crippen molar-refractivity contribution in [3.63, 3.8) is 0 Å². The number of alkyl halides is 3. The summed E-state index contributed by atoms with van der Waals surface area (Å²) < 4.78 is 47.3. The van der Waals surface area contributed by atoms with Crippen LogP contribution in [0.5, 0.6) is 5.88 Å². The number of nitrogens with zero attached hydrogens (tertiary/aromatic N) is 3. The molecular weight excluding hydrogens is 347 g/mol. The third-order valence-corrected chi connectivity index (χ3v) is 5.21. The molecular formula is C18H24F3N3O2. The lowest BCUT2D eigenvalue weighted by Crippen LogP contribution is -2.30. The van der Waals surface area contributed by atoms with Gasteiger partial charge in [-0.15, -0.1) is 0 Å².